The van der Waals surface area contributed by atoms with Crippen LogP contribution in [0.25, 0.3) is 0 Å². The highest BCUT2D eigenvalue weighted by Crippen LogP contribution is 2.20. The molecule has 1 fully saturated rings. The minimum Gasteiger partial charge on any atom is -0.492 e. The summed E-state index contributed by atoms with van der Waals surface area (Å²) < 4.78 is 5.84. The summed E-state index contributed by atoms with van der Waals surface area (Å²) in [6.45, 7) is 15.8. The third kappa shape index (κ3) is 5.94. The summed E-state index contributed by atoms with van der Waals surface area (Å²) >= 11 is 0. The number of hydrogen-bond donors (Lipinski definition) is 1. The maximum atomic E-state index is 5.84. The third-order valence-electron chi connectivity index (χ3n) is 3.78. The van der Waals surface area contributed by atoms with Gasteiger partial charge in [-0.25, -0.2) is 0 Å². The van der Waals surface area contributed by atoms with Crippen LogP contribution in [-0.2, 0) is 0 Å². The smallest absolute Gasteiger partial charge is 0.122 e. The first-order valence-corrected chi connectivity index (χ1v) is 8.12. The third-order valence-corrected chi connectivity index (χ3v) is 3.78. The summed E-state index contributed by atoms with van der Waals surface area (Å²) in [5.41, 5.74) is 7.63. The van der Waals surface area contributed by atoms with Gasteiger partial charge in [-0.15, -0.1) is 0 Å². The fraction of sp³-hybridized carbons (Fsp3) is 0.647. The zero-order chi connectivity index (χ0) is 15.7. The average Bonchev–Trinajstić information content (AvgIpc) is 2.52. The fourth-order valence-electron chi connectivity index (χ4n) is 2.45. The molecule has 1 aliphatic rings. The standard InChI is InChI=1S/C15H25N3O.C2H6/c1-3-17-6-8-18(9-7-17)10-11-19-15-5-4-14(16)12-13(15)2;1-2/h4-5,12H,3,6-11,16H2,1-2H3;1-2H3. The van der Waals surface area contributed by atoms with Crippen LogP contribution in [0.1, 0.15) is 26.3 Å². The quantitative estimate of drug-likeness (QED) is 0.847. The summed E-state index contributed by atoms with van der Waals surface area (Å²) in [6.07, 6.45) is 0. The van der Waals surface area contributed by atoms with Crippen molar-refractivity contribution in [1.29, 1.82) is 0 Å². The second kappa shape index (κ2) is 9.64. The lowest BCUT2D eigenvalue weighted by Crippen LogP contribution is -2.47. The molecule has 21 heavy (non-hydrogen) atoms. The first-order chi connectivity index (χ1) is 10.2. The van der Waals surface area contributed by atoms with Gasteiger partial charge in [-0.1, -0.05) is 20.8 Å². The van der Waals surface area contributed by atoms with E-state index in [1.54, 1.807) is 0 Å². The lowest BCUT2D eigenvalue weighted by Gasteiger charge is -2.33. The molecular weight excluding hydrogens is 262 g/mol. The van der Waals surface area contributed by atoms with E-state index in [0.717, 1.165) is 49.8 Å². The van der Waals surface area contributed by atoms with Gasteiger partial charge < -0.3 is 15.4 Å². The Morgan fingerprint density at radius 3 is 2.29 bits per heavy atom. The van der Waals surface area contributed by atoms with Crippen LogP contribution < -0.4 is 10.5 Å². The lowest BCUT2D eigenvalue weighted by atomic mass is 10.2. The lowest BCUT2D eigenvalue weighted by molar-refractivity contribution is 0.120. The minimum atomic E-state index is 0.747. The number of nitrogens with two attached hydrogens (primary N) is 1. The topological polar surface area (TPSA) is 41.7 Å². The predicted octanol–water partition coefficient (Wildman–Crippen LogP) is 2.62. The number of nitrogen functional groups attached to an aromatic ring is 1. The van der Waals surface area contributed by atoms with Crippen molar-refractivity contribution in [3.8, 4) is 5.75 Å². The zero-order valence-corrected chi connectivity index (χ0v) is 14.1. The SMILES string of the molecule is CC.CCN1CCN(CCOc2ccc(N)cc2C)CC1. The van der Waals surface area contributed by atoms with E-state index in [-0.39, 0.29) is 0 Å². The first kappa shape index (κ1) is 17.8. The van der Waals surface area contributed by atoms with E-state index in [9.17, 15) is 0 Å². The second-order valence-electron chi connectivity index (χ2n) is 5.15. The molecule has 120 valence electrons. The van der Waals surface area contributed by atoms with Crippen LogP contribution >= 0.6 is 0 Å². The van der Waals surface area contributed by atoms with E-state index in [2.05, 4.69) is 16.7 Å². The van der Waals surface area contributed by atoms with Gasteiger partial charge in [-0.3, -0.25) is 4.90 Å². The number of aryl methyl sites for hydroxylation is 1. The molecule has 2 N–H and O–H groups in total. The molecule has 4 nitrogen and oxygen atoms in total. The maximum Gasteiger partial charge on any atom is 0.122 e. The Morgan fingerprint density at radius 2 is 1.71 bits per heavy atom. The number of piperazine rings is 1. The van der Waals surface area contributed by atoms with Crippen molar-refractivity contribution in [3.05, 3.63) is 23.8 Å². The number of benzene rings is 1. The molecule has 0 atom stereocenters. The highest BCUT2D eigenvalue weighted by Gasteiger charge is 2.14. The molecule has 0 radical (unpaired) electrons. The van der Waals surface area contributed by atoms with Gasteiger partial charge in [0.25, 0.3) is 0 Å². The molecule has 1 aliphatic heterocycles. The van der Waals surface area contributed by atoms with Gasteiger partial charge >= 0.3 is 0 Å². The second-order valence-corrected chi connectivity index (χ2v) is 5.15. The van der Waals surface area contributed by atoms with Crippen LogP contribution in [0.4, 0.5) is 5.69 Å². The first-order valence-electron chi connectivity index (χ1n) is 8.12. The van der Waals surface area contributed by atoms with Crippen LogP contribution in [0.3, 0.4) is 0 Å². The van der Waals surface area contributed by atoms with Crippen LogP contribution in [-0.4, -0.2) is 55.7 Å². The summed E-state index contributed by atoms with van der Waals surface area (Å²) in [6, 6.07) is 5.80. The number of rotatable bonds is 5. The van der Waals surface area contributed by atoms with Gasteiger partial charge in [0.15, 0.2) is 0 Å². The molecule has 1 saturated heterocycles. The van der Waals surface area contributed by atoms with Gasteiger partial charge in [-0.2, -0.15) is 0 Å². The predicted molar refractivity (Wildman–Crippen MR) is 91.0 cm³/mol. The Labute approximate surface area is 129 Å². The number of ether oxygens (including phenoxy) is 1. The molecule has 4 heteroatoms. The van der Waals surface area contributed by atoms with E-state index in [1.165, 1.54) is 13.1 Å². The Bertz CT molecular complexity index is 401. The molecule has 0 unspecified atom stereocenters. The molecule has 1 heterocycles. The molecule has 1 aromatic carbocycles. The summed E-state index contributed by atoms with van der Waals surface area (Å²) in [4.78, 5) is 4.96. The molecule has 0 amide bonds. The summed E-state index contributed by atoms with van der Waals surface area (Å²) in [5, 5.41) is 0. The Balaban J connectivity index is 0.00000106. The van der Waals surface area contributed by atoms with Crippen molar-refractivity contribution in [2.75, 3.05) is 51.6 Å². The van der Waals surface area contributed by atoms with Crippen molar-refractivity contribution in [3.63, 3.8) is 0 Å². The van der Waals surface area contributed by atoms with Crippen molar-refractivity contribution >= 4 is 5.69 Å². The van der Waals surface area contributed by atoms with Gasteiger partial charge in [-0.05, 0) is 37.2 Å². The van der Waals surface area contributed by atoms with Crippen molar-refractivity contribution in [2.24, 2.45) is 0 Å². The van der Waals surface area contributed by atoms with Crippen molar-refractivity contribution in [1.82, 2.24) is 9.80 Å². The number of likely N-dealkylation sites (N-methyl/N-ethyl adjacent to an activating group) is 1. The van der Waals surface area contributed by atoms with E-state index in [0.29, 0.717) is 0 Å². The molecule has 2 rings (SSSR count). The largest absolute Gasteiger partial charge is 0.492 e. The van der Waals surface area contributed by atoms with Crippen molar-refractivity contribution < 1.29 is 4.74 Å². The Kier molecular flexibility index (Phi) is 8.16. The molecule has 0 aliphatic carbocycles. The highest BCUT2D eigenvalue weighted by molar-refractivity contribution is 5.47. The summed E-state index contributed by atoms with van der Waals surface area (Å²) in [7, 11) is 0. The zero-order valence-electron chi connectivity index (χ0n) is 14.1. The molecule has 0 saturated carbocycles. The highest BCUT2D eigenvalue weighted by atomic mass is 16.5. The normalized spacial score (nSPS) is 16.2. The average molecular weight is 293 g/mol. The minimum absolute atomic E-state index is 0.747. The van der Waals surface area contributed by atoms with Gasteiger partial charge in [0.1, 0.15) is 12.4 Å². The molecule has 0 bridgehead atoms. The molecule has 1 aromatic rings. The summed E-state index contributed by atoms with van der Waals surface area (Å²) in [5.74, 6) is 0.946. The molecule has 0 spiro atoms. The van der Waals surface area contributed by atoms with E-state index in [4.69, 9.17) is 10.5 Å². The number of hydrogen-bond acceptors (Lipinski definition) is 4. The van der Waals surface area contributed by atoms with E-state index in [1.807, 2.05) is 39.0 Å². The Morgan fingerprint density at radius 1 is 1.10 bits per heavy atom. The maximum absolute atomic E-state index is 5.84. The van der Waals surface area contributed by atoms with Gasteiger partial charge in [0.05, 0.1) is 0 Å². The molecular formula is C17H31N3O. The van der Waals surface area contributed by atoms with Crippen LogP contribution in [0, 0.1) is 6.92 Å². The van der Waals surface area contributed by atoms with Crippen LogP contribution in [0.2, 0.25) is 0 Å². The molecule has 0 aromatic heterocycles. The number of anilines is 1. The van der Waals surface area contributed by atoms with Crippen molar-refractivity contribution in [2.45, 2.75) is 27.7 Å². The Hall–Kier alpha value is -1.26. The van der Waals surface area contributed by atoms with Crippen LogP contribution in [0.15, 0.2) is 18.2 Å². The van der Waals surface area contributed by atoms with Gasteiger partial charge in [0, 0.05) is 38.4 Å². The van der Waals surface area contributed by atoms with Gasteiger partial charge in [0.2, 0.25) is 0 Å². The number of nitrogens with zero attached hydrogens (tertiary/aromatic N) is 2. The monoisotopic (exact) mass is 293 g/mol. The van der Waals surface area contributed by atoms with Crippen LogP contribution in [0.5, 0.6) is 5.75 Å². The van der Waals surface area contributed by atoms with E-state index < -0.39 is 0 Å². The fourth-order valence-corrected chi connectivity index (χ4v) is 2.45. The van der Waals surface area contributed by atoms with E-state index >= 15 is 0 Å².